The van der Waals surface area contributed by atoms with Crippen LogP contribution in [0.4, 0.5) is 8.78 Å². The van der Waals surface area contributed by atoms with E-state index in [1.165, 1.54) is 23.3 Å². The summed E-state index contributed by atoms with van der Waals surface area (Å²) in [5.74, 6) is -3.35. The van der Waals surface area contributed by atoms with E-state index in [1.54, 1.807) is 4.90 Å². The minimum Gasteiger partial charge on any atom is -0.381 e. The summed E-state index contributed by atoms with van der Waals surface area (Å²) in [6.07, 6.45) is 5.03. The van der Waals surface area contributed by atoms with Crippen LogP contribution in [0.3, 0.4) is 0 Å². The second-order valence-corrected chi connectivity index (χ2v) is 12.3. The van der Waals surface area contributed by atoms with E-state index in [9.17, 15) is 28.5 Å². The Morgan fingerprint density at radius 2 is 1.72 bits per heavy atom. The van der Waals surface area contributed by atoms with Crippen molar-refractivity contribution in [2.24, 2.45) is 5.92 Å². The number of fused-ring (bicyclic) bond motifs is 1. The first-order chi connectivity index (χ1) is 20.8. The molecular formula is C32H38F2N4O5. The number of hydrogen-bond acceptors (Lipinski definition) is 7. The highest BCUT2D eigenvalue weighted by Crippen LogP contribution is 2.38. The Bertz CT molecular complexity index is 1380. The van der Waals surface area contributed by atoms with Gasteiger partial charge in [0, 0.05) is 76.9 Å². The average molecular weight is 597 g/mol. The molecule has 0 unspecified atom stereocenters. The minimum atomic E-state index is -1.03. The molecule has 1 aliphatic carbocycles. The zero-order valence-corrected chi connectivity index (χ0v) is 24.3. The fourth-order valence-electron chi connectivity index (χ4n) is 7.51. The molecule has 230 valence electrons. The summed E-state index contributed by atoms with van der Waals surface area (Å²) in [4.78, 5) is 43.3. The van der Waals surface area contributed by atoms with Crippen molar-refractivity contribution >= 4 is 11.8 Å². The second-order valence-electron chi connectivity index (χ2n) is 12.3. The summed E-state index contributed by atoms with van der Waals surface area (Å²) in [5, 5.41) is 11.6. The lowest BCUT2D eigenvalue weighted by Gasteiger charge is -2.38. The number of benzene rings is 2. The molecule has 3 atom stereocenters. The van der Waals surface area contributed by atoms with Crippen LogP contribution in [0.2, 0.25) is 0 Å². The maximum Gasteiger partial charge on any atom is 0.461 e. The van der Waals surface area contributed by atoms with E-state index >= 15 is 0 Å². The van der Waals surface area contributed by atoms with Crippen LogP contribution in [0.25, 0.3) is 0 Å². The first kappa shape index (κ1) is 29.8. The van der Waals surface area contributed by atoms with Gasteiger partial charge in [-0.25, -0.2) is 13.6 Å². The predicted molar refractivity (Wildman–Crippen MR) is 154 cm³/mol. The number of aryl methyl sites for hydroxylation is 2. The maximum atomic E-state index is 15.0. The minimum absolute atomic E-state index is 0.0984. The fourth-order valence-corrected chi connectivity index (χ4v) is 7.51. The number of carbonyl (C=O) groups excluding carboxylic acids is 2. The lowest BCUT2D eigenvalue weighted by molar-refractivity contribution is -0.406. The standard InChI is InChI=1S/C32H38F2N4O5/c33-24-6-7-26(29(34)18-24)27-19-37(25-8-14-43-15-9-25)20-28(27)31(39)36-12-10-35(11-13-36)30(32(40)38(41)42)17-21-4-5-22-2-1-3-23(22)16-21/h4-7,16,18,25,27-28,30H,1-3,8-15,17,19-20H2/t27-,28+,30-/m0/s1. The van der Waals surface area contributed by atoms with Gasteiger partial charge in [0.1, 0.15) is 22.6 Å². The number of rotatable bonds is 7. The summed E-state index contributed by atoms with van der Waals surface area (Å²) in [6, 6.07) is 8.99. The molecule has 43 heavy (non-hydrogen) atoms. The number of amides is 2. The molecule has 3 saturated heterocycles. The Labute approximate surface area is 249 Å². The summed E-state index contributed by atoms with van der Waals surface area (Å²) in [6.45, 7) is 3.56. The van der Waals surface area contributed by atoms with Gasteiger partial charge in [-0.3, -0.25) is 24.7 Å². The highest BCUT2D eigenvalue weighted by atomic mass is 19.1. The summed E-state index contributed by atoms with van der Waals surface area (Å²) >= 11 is 0. The third-order valence-electron chi connectivity index (χ3n) is 9.86. The molecule has 9 nitrogen and oxygen atoms in total. The third kappa shape index (κ3) is 6.34. The molecule has 2 amide bonds. The molecule has 6 rings (SSSR count). The van der Waals surface area contributed by atoms with Crippen molar-refractivity contribution in [3.8, 4) is 0 Å². The molecule has 0 spiro atoms. The predicted octanol–water partition coefficient (Wildman–Crippen LogP) is 3.21. The summed E-state index contributed by atoms with van der Waals surface area (Å²) in [7, 11) is 0. The molecule has 2 aromatic carbocycles. The highest BCUT2D eigenvalue weighted by Gasteiger charge is 2.45. The number of hydrogen-bond donors (Lipinski definition) is 0. The summed E-state index contributed by atoms with van der Waals surface area (Å²) < 4.78 is 34.2. The van der Waals surface area contributed by atoms with Crippen LogP contribution in [0.15, 0.2) is 36.4 Å². The largest absolute Gasteiger partial charge is 0.461 e. The van der Waals surface area contributed by atoms with Crippen molar-refractivity contribution in [1.29, 1.82) is 0 Å². The van der Waals surface area contributed by atoms with E-state index in [-0.39, 0.29) is 18.4 Å². The normalized spacial score (nSPS) is 24.2. The Morgan fingerprint density at radius 3 is 2.44 bits per heavy atom. The van der Waals surface area contributed by atoms with Gasteiger partial charge in [-0.2, -0.15) is 0 Å². The first-order valence-corrected chi connectivity index (χ1v) is 15.4. The monoisotopic (exact) mass is 596 g/mol. The van der Waals surface area contributed by atoms with Gasteiger partial charge in [0.25, 0.3) is 0 Å². The SMILES string of the molecule is O=C([C@@H]1CN(C2CCOCC2)C[C@H]1c1ccc(F)cc1F)N1CCN([C@@H](Cc2ccc3c(c2)CCC3)C(=O)[N+](=O)[O-])CC1. The van der Waals surface area contributed by atoms with Crippen LogP contribution < -0.4 is 0 Å². The van der Waals surface area contributed by atoms with Crippen LogP contribution >= 0.6 is 0 Å². The van der Waals surface area contributed by atoms with Crippen LogP contribution in [0, 0.1) is 27.7 Å². The number of nitro groups is 1. The van der Waals surface area contributed by atoms with Gasteiger partial charge >= 0.3 is 5.91 Å². The maximum absolute atomic E-state index is 15.0. The van der Waals surface area contributed by atoms with Gasteiger partial charge in [0.15, 0.2) is 0 Å². The van der Waals surface area contributed by atoms with Crippen LogP contribution in [0.1, 0.15) is 47.4 Å². The van der Waals surface area contributed by atoms with Crippen molar-refractivity contribution in [3.05, 3.63) is 80.4 Å². The molecule has 0 bridgehead atoms. The lowest BCUT2D eigenvalue weighted by atomic mass is 9.87. The molecular weight excluding hydrogens is 558 g/mol. The van der Waals surface area contributed by atoms with E-state index in [0.29, 0.717) is 58.0 Å². The summed E-state index contributed by atoms with van der Waals surface area (Å²) in [5.41, 5.74) is 3.80. The third-order valence-corrected chi connectivity index (χ3v) is 9.86. The van der Waals surface area contributed by atoms with Crippen molar-refractivity contribution in [2.45, 2.75) is 56.5 Å². The zero-order chi connectivity index (χ0) is 30.1. The van der Waals surface area contributed by atoms with Gasteiger partial charge in [0.05, 0.1) is 5.92 Å². The number of piperazine rings is 1. The van der Waals surface area contributed by atoms with E-state index in [0.717, 1.165) is 43.7 Å². The van der Waals surface area contributed by atoms with Crippen LogP contribution in [0.5, 0.6) is 0 Å². The smallest absolute Gasteiger partial charge is 0.381 e. The van der Waals surface area contributed by atoms with E-state index in [4.69, 9.17) is 4.74 Å². The van der Waals surface area contributed by atoms with Gasteiger partial charge in [-0.05, 0) is 60.4 Å². The molecule has 0 saturated carbocycles. The van der Waals surface area contributed by atoms with Crippen LogP contribution in [-0.4, -0.2) is 96.0 Å². The van der Waals surface area contributed by atoms with Crippen molar-refractivity contribution in [2.75, 3.05) is 52.5 Å². The Kier molecular flexibility index (Phi) is 8.83. The van der Waals surface area contributed by atoms with Crippen molar-refractivity contribution in [1.82, 2.24) is 14.7 Å². The molecule has 11 heteroatoms. The molecule has 3 fully saturated rings. The zero-order valence-electron chi connectivity index (χ0n) is 24.3. The number of nitrogens with zero attached hydrogens (tertiary/aromatic N) is 4. The molecule has 0 N–H and O–H groups in total. The Morgan fingerprint density at radius 1 is 0.977 bits per heavy atom. The van der Waals surface area contributed by atoms with Crippen LogP contribution in [-0.2, 0) is 33.6 Å². The lowest BCUT2D eigenvalue weighted by Crippen LogP contribution is -2.56. The van der Waals surface area contributed by atoms with Crippen molar-refractivity contribution in [3.63, 3.8) is 0 Å². The van der Waals surface area contributed by atoms with Gasteiger partial charge in [-0.1, -0.05) is 24.3 Å². The molecule has 0 aromatic heterocycles. The fraction of sp³-hybridized carbons (Fsp3) is 0.562. The first-order valence-electron chi connectivity index (χ1n) is 15.4. The molecule has 2 aromatic rings. The Hall–Kier alpha value is -3.28. The number of likely N-dealkylation sites (tertiary alicyclic amines) is 1. The van der Waals surface area contributed by atoms with E-state index < -0.39 is 40.3 Å². The van der Waals surface area contributed by atoms with Gasteiger partial charge in [-0.15, -0.1) is 0 Å². The van der Waals surface area contributed by atoms with E-state index in [2.05, 4.69) is 17.0 Å². The molecule has 0 radical (unpaired) electrons. The average Bonchev–Trinajstić information content (AvgIpc) is 3.67. The second kappa shape index (κ2) is 12.8. The quantitative estimate of drug-likeness (QED) is 0.358. The number of carbonyl (C=O) groups is 2. The van der Waals surface area contributed by atoms with Gasteiger partial charge < -0.3 is 9.64 Å². The molecule has 4 aliphatic rings. The Balaban J connectivity index is 1.16. The number of ether oxygens (including phenoxy) is 1. The topological polar surface area (TPSA) is 96.2 Å². The van der Waals surface area contributed by atoms with Crippen molar-refractivity contribution < 1.29 is 28.0 Å². The van der Waals surface area contributed by atoms with E-state index in [1.807, 2.05) is 11.0 Å². The highest BCUT2D eigenvalue weighted by molar-refractivity contribution is 5.81. The molecule has 3 aliphatic heterocycles. The van der Waals surface area contributed by atoms with Gasteiger partial charge in [0.2, 0.25) is 5.91 Å². The molecule has 3 heterocycles. The number of halogens is 2.